The molecule has 0 spiro atoms. The summed E-state index contributed by atoms with van der Waals surface area (Å²) < 4.78 is 10.4. The summed E-state index contributed by atoms with van der Waals surface area (Å²) in [6, 6.07) is 7.17. The number of anilines is 1. The van der Waals surface area contributed by atoms with Gasteiger partial charge in [0.1, 0.15) is 0 Å². The topological polar surface area (TPSA) is 89.4 Å². The molecular formula is C14H16BrN3O4. The zero-order valence-electron chi connectivity index (χ0n) is 12.2. The molecule has 0 unspecified atom stereocenters. The fourth-order valence-electron chi connectivity index (χ4n) is 1.29. The van der Waals surface area contributed by atoms with Crippen LogP contribution in [0, 0.1) is 0 Å². The summed E-state index contributed by atoms with van der Waals surface area (Å²) in [5.41, 5.74) is 3.07. The molecule has 1 aromatic rings. The van der Waals surface area contributed by atoms with Gasteiger partial charge in [0.15, 0.2) is 5.70 Å². The summed E-state index contributed by atoms with van der Waals surface area (Å²) in [6.07, 6.45) is 0.939. The smallest absolute Gasteiger partial charge is 0.359 e. The van der Waals surface area contributed by atoms with Crippen molar-refractivity contribution < 1.29 is 19.1 Å². The quantitative estimate of drug-likeness (QED) is 0.345. The SMILES string of the molecule is CCOC(=O)C=C(N=NNc1ccc(Br)cc1)C(=O)OCC. The molecule has 0 fully saturated rings. The van der Waals surface area contributed by atoms with Crippen LogP contribution >= 0.6 is 15.9 Å². The van der Waals surface area contributed by atoms with Gasteiger partial charge in [0, 0.05) is 4.47 Å². The number of nitrogens with zero attached hydrogens (tertiary/aromatic N) is 2. The highest BCUT2D eigenvalue weighted by Gasteiger charge is 2.13. The summed E-state index contributed by atoms with van der Waals surface area (Å²) in [5, 5.41) is 7.34. The van der Waals surface area contributed by atoms with Crippen molar-refractivity contribution >= 4 is 33.6 Å². The molecule has 1 N–H and O–H groups in total. The van der Waals surface area contributed by atoms with Crippen LogP contribution < -0.4 is 5.43 Å². The van der Waals surface area contributed by atoms with E-state index in [-0.39, 0.29) is 18.9 Å². The molecule has 22 heavy (non-hydrogen) atoms. The predicted molar refractivity (Wildman–Crippen MR) is 84.0 cm³/mol. The first kappa shape index (κ1) is 17.8. The van der Waals surface area contributed by atoms with Crippen molar-refractivity contribution in [1.29, 1.82) is 0 Å². The molecule has 0 saturated carbocycles. The van der Waals surface area contributed by atoms with E-state index in [1.54, 1.807) is 26.0 Å². The summed E-state index contributed by atoms with van der Waals surface area (Å²) >= 11 is 3.31. The lowest BCUT2D eigenvalue weighted by molar-refractivity contribution is -0.141. The maximum Gasteiger partial charge on any atom is 0.359 e. The Labute approximate surface area is 136 Å². The second kappa shape index (κ2) is 9.67. The lowest BCUT2D eigenvalue weighted by atomic mass is 10.3. The van der Waals surface area contributed by atoms with Crippen molar-refractivity contribution in [3.63, 3.8) is 0 Å². The van der Waals surface area contributed by atoms with Gasteiger partial charge in [0.2, 0.25) is 0 Å². The van der Waals surface area contributed by atoms with E-state index in [2.05, 4.69) is 31.7 Å². The van der Waals surface area contributed by atoms with E-state index in [0.29, 0.717) is 5.69 Å². The third-order valence-corrected chi connectivity index (χ3v) is 2.74. The summed E-state index contributed by atoms with van der Waals surface area (Å²) in [7, 11) is 0. The van der Waals surface area contributed by atoms with Gasteiger partial charge in [-0.3, -0.25) is 5.43 Å². The first-order chi connectivity index (χ1) is 10.6. The summed E-state index contributed by atoms with van der Waals surface area (Å²) in [5.74, 6) is -1.44. The average molecular weight is 370 g/mol. The number of esters is 2. The van der Waals surface area contributed by atoms with E-state index in [4.69, 9.17) is 9.47 Å². The van der Waals surface area contributed by atoms with Crippen molar-refractivity contribution in [3.05, 3.63) is 40.5 Å². The van der Waals surface area contributed by atoms with Crippen LogP contribution in [0.15, 0.2) is 50.8 Å². The molecule has 0 bridgehead atoms. The van der Waals surface area contributed by atoms with Crippen LogP contribution in [-0.2, 0) is 19.1 Å². The van der Waals surface area contributed by atoms with Crippen LogP contribution in [0.5, 0.6) is 0 Å². The Morgan fingerprint density at radius 1 is 1.18 bits per heavy atom. The highest BCUT2D eigenvalue weighted by molar-refractivity contribution is 9.10. The molecule has 0 aliphatic rings. The molecule has 7 nitrogen and oxygen atoms in total. The molecule has 118 valence electrons. The normalized spacial score (nSPS) is 11.3. The Morgan fingerprint density at radius 3 is 2.41 bits per heavy atom. The Kier molecular flexibility index (Phi) is 7.84. The number of benzene rings is 1. The first-order valence-corrected chi connectivity index (χ1v) is 7.34. The molecule has 0 atom stereocenters. The zero-order chi connectivity index (χ0) is 16.4. The number of hydrogen-bond donors (Lipinski definition) is 1. The molecule has 0 aliphatic heterocycles. The number of rotatable bonds is 7. The highest BCUT2D eigenvalue weighted by Crippen LogP contribution is 2.14. The van der Waals surface area contributed by atoms with E-state index in [0.717, 1.165) is 10.5 Å². The molecule has 0 saturated heterocycles. The van der Waals surface area contributed by atoms with Crippen LogP contribution in [0.2, 0.25) is 0 Å². The standard InChI is InChI=1S/C14H16BrN3O4/c1-3-21-13(19)9-12(14(20)22-4-2)17-18-16-11-7-5-10(15)6-8-11/h5-9H,3-4H2,1-2H3,(H,16,17). The summed E-state index contributed by atoms with van der Waals surface area (Å²) in [4.78, 5) is 23.1. The monoisotopic (exact) mass is 369 g/mol. The number of halogens is 1. The van der Waals surface area contributed by atoms with Gasteiger partial charge in [-0.1, -0.05) is 21.2 Å². The van der Waals surface area contributed by atoms with Crippen molar-refractivity contribution in [3.8, 4) is 0 Å². The molecule has 0 aliphatic carbocycles. The third-order valence-electron chi connectivity index (χ3n) is 2.21. The van der Waals surface area contributed by atoms with Crippen LogP contribution in [0.25, 0.3) is 0 Å². The molecule has 8 heteroatoms. The highest BCUT2D eigenvalue weighted by atomic mass is 79.9. The average Bonchev–Trinajstić information content (AvgIpc) is 2.48. The second-order valence-corrected chi connectivity index (χ2v) is 4.74. The van der Waals surface area contributed by atoms with E-state index >= 15 is 0 Å². The summed E-state index contributed by atoms with van der Waals surface area (Å²) in [6.45, 7) is 3.66. The number of carbonyl (C=O) groups is 2. The van der Waals surface area contributed by atoms with Gasteiger partial charge in [-0.15, -0.1) is 5.11 Å². The molecule has 1 aromatic carbocycles. The van der Waals surface area contributed by atoms with E-state index in [9.17, 15) is 9.59 Å². The lowest BCUT2D eigenvalue weighted by Crippen LogP contribution is -2.09. The maximum atomic E-state index is 11.7. The second-order valence-electron chi connectivity index (χ2n) is 3.82. The Morgan fingerprint density at radius 2 is 1.82 bits per heavy atom. The van der Waals surface area contributed by atoms with Gasteiger partial charge in [0.05, 0.1) is 25.0 Å². The zero-order valence-corrected chi connectivity index (χ0v) is 13.8. The lowest BCUT2D eigenvalue weighted by Gasteiger charge is -2.02. The Balaban J connectivity index is 2.78. The van der Waals surface area contributed by atoms with Crippen LogP contribution in [0.4, 0.5) is 5.69 Å². The molecule has 1 rings (SSSR count). The predicted octanol–water partition coefficient (Wildman–Crippen LogP) is 3.24. The van der Waals surface area contributed by atoms with Crippen LogP contribution in [0.3, 0.4) is 0 Å². The molecule has 0 heterocycles. The van der Waals surface area contributed by atoms with Crippen LogP contribution in [-0.4, -0.2) is 25.2 Å². The van der Waals surface area contributed by atoms with E-state index in [1.807, 2.05) is 12.1 Å². The molecule has 0 radical (unpaired) electrons. The molecular weight excluding hydrogens is 354 g/mol. The number of carbonyl (C=O) groups excluding carboxylic acids is 2. The first-order valence-electron chi connectivity index (χ1n) is 6.54. The minimum atomic E-state index is -0.753. The van der Waals surface area contributed by atoms with Crippen LogP contribution in [0.1, 0.15) is 13.8 Å². The van der Waals surface area contributed by atoms with E-state index < -0.39 is 11.9 Å². The fourth-order valence-corrected chi connectivity index (χ4v) is 1.55. The van der Waals surface area contributed by atoms with Gasteiger partial charge in [0.25, 0.3) is 0 Å². The van der Waals surface area contributed by atoms with E-state index in [1.165, 1.54) is 0 Å². The minimum Gasteiger partial charge on any atom is -0.463 e. The van der Waals surface area contributed by atoms with Gasteiger partial charge in [-0.2, -0.15) is 0 Å². The van der Waals surface area contributed by atoms with Gasteiger partial charge in [-0.25, -0.2) is 9.59 Å². The number of nitrogens with one attached hydrogen (secondary N) is 1. The number of hydrogen-bond acceptors (Lipinski definition) is 6. The van der Waals surface area contributed by atoms with Gasteiger partial charge >= 0.3 is 11.9 Å². The Hall–Kier alpha value is -2.22. The fraction of sp³-hybridized carbons (Fsp3) is 0.286. The van der Waals surface area contributed by atoms with Crippen molar-refractivity contribution in [1.82, 2.24) is 0 Å². The molecule has 0 amide bonds. The number of ether oxygens (including phenoxy) is 2. The largest absolute Gasteiger partial charge is 0.463 e. The van der Waals surface area contributed by atoms with Crippen molar-refractivity contribution in [2.75, 3.05) is 18.6 Å². The third kappa shape index (κ3) is 6.49. The van der Waals surface area contributed by atoms with Crippen molar-refractivity contribution in [2.24, 2.45) is 10.3 Å². The van der Waals surface area contributed by atoms with Gasteiger partial charge in [-0.05, 0) is 38.1 Å². The molecule has 0 aromatic heterocycles. The van der Waals surface area contributed by atoms with Crippen molar-refractivity contribution in [2.45, 2.75) is 13.8 Å². The van der Waals surface area contributed by atoms with Gasteiger partial charge < -0.3 is 9.47 Å². The maximum absolute atomic E-state index is 11.7. The Bertz CT molecular complexity index is 570. The minimum absolute atomic E-state index is 0.161.